The topological polar surface area (TPSA) is 46.2 Å². The molecule has 0 atom stereocenters. The third-order valence-electron chi connectivity index (χ3n) is 2.36. The molecule has 1 rings (SSSR count). The van der Waals surface area contributed by atoms with Gasteiger partial charge in [0.05, 0.1) is 19.8 Å². The number of hydrogen-bond donors (Lipinski definition) is 0. The van der Waals surface area contributed by atoms with E-state index in [-0.39, 0.29) is 0 Å². The Hall–Kier alpha value is -0.550. The fourth-order valence-electron chi connectivity index (χ4n) is 1.46. The first-order valence-corrected chi connectivity index (χ1v) is 8.02. The molecule has 1 aromatic rings. The Morgan fingerprint density at radius 2 is 1.55 bits per heavy atom. The lowest BCUT2D eigenvalue weighted by Crippen LogP contribution is -2.00. The van der Waals surface area contributed by atoms with E-state index in [0.29, 0.717) is 19.8 Å². The van der Waals surface area contributed by atoms with Gasteiger partial charge in [-0.25, -0.2) is 9.78 Å². The molecule has 0 aromatic heterocycles. The van der Waals surface area contributed by atoms with Crippen LogP contribution in [0, 0.1) is 0 Å². The summed E-state index contributed by atoms with van der Waals surface area (Å²) >= 11 is 0. The minimum absolute atomic E-state index is 0.436. The Morgan fingerprint density at radius 1 is 0.900 bits per heavy atom. The van der Waals surface area contributed by atoms with Crippen LogP contribution < -0.4 is 0 Å². The van der Waals surface area contributed by atoms with Crippen LogP contribution in [0.25, 0.3) is 0 Å². The lowest BCUT2D eigenvalue weighted by molar-refractivity contribution is -0.265. The van der Waals surface area contributed by atoms with E-state index in [4.69, 9.17) is 23.6 Å². The van der Waals surface area contributed by atoms with Crippen LogP contribution in [0.4, 0.5) is 0 Å². The number of rotatable bonds is 12. The van der Waals surface area contributed by atoms with Crippen molar-refractivity contribution in [2.75, 3.05) is 19.8 Å². The van der Waals surface area contributed by atoms with Crippen LogP contribution >= 0.6 is 8.60 Å². The average molecular weight is 302 g/mol. The Bertz CT molecular complexity index is 315. The van der Waals surface area contributed by atoms with E-state index in [9.17, 15) is 0 Å². The largest absolute Gasteiger partial charge is 0.392 e. The molecule has 0 radical (unpaired) electrons. The monoisotopic (exact) mass is 302 g/mol. The van der Waals surface area contributed by atoms with Crippen LogP contribution in [0.1, 0.15) is 32.3 Å². The van der Waals surface area contributed by atoms with Gasteiger partial charge in [0.25, 0.3) is 0 Å². The van der Waals surface area contributed by atoms with Crippen molar-refractivity contribution >= 4 is 8.60 Å². The summed E-state index contributed by atoms with van der Waals surface area (Å²) in [6.07, 6.45) is 3.02. The Morgan fingerprint density at radius 3 is 2.15 bits per heavy atom. The first-order valence-electron chi connectivity index (χ1n) is 6.93. The Balaban J connectivity index is 2.09. The zero-order valence-electron chi connectivity index (χ0n) is 12.1. The predicted molar refractivity (Wildman–Crippen MR) is 77.7 cm³/mol. The highest BCUT2D eigenvalue weighted by Crippen LogP contribution is 2.40. The van der Waals surface area contributed by atoms with E-state index < -0.39 is 8.60 Å². The van der Waals surface area contributed by atoms with Gasteiger partial charge >= 0.3 is 8.60 Å². The molecule has 20 heavy (non-hydrogen) atoms. The molecule has 0 aliphatic heterocycles. The third kappa shape index (κ3) is 8.59. The Kier molecular flexibility index (Phi) is 10.7. The maximum absolute atomic E-state index is 5.45. The van der Waals surface area contributed by atoms with Crippen LogP contribution in [0.5, 0.6) is 0 Å². The minimum Gasteiger partial charge on any atom is -0.309 e. The highest BCUT2D eigenvalue weighted by atomic mass is 31.2. The van der Waals surface area contributed by atoms with Crippen molar-refractivity contribution in [1.82, 2.24) is 0 Å². The van der Waals surface area contributed by atoms with Gasteiger partial charge < -0.3 is 4.52 Å². The van der Waals surface area contributed by atoms with E-state index in [1.165, 1.54) is 5.56 Å². The summed E-state index contributed by atoms with van der Waals surface area (Å²) in [5.74, 6) is 0. The number of aryl methyl sites for hydroxylation is 1. The molecule has 6 heteroatoms. The molecule has 0 bridgehead atoms. The summed E-state index contributed by atoms with van der Waals surface area (Å²) in [6.45, 7) is 5.08. The molecule has 0 saturated heterocycles. The molecule has 0 unspecified atom stereocenters. The quantitative estimate of drug-likeness (QED) is 0.251. The second kappa shape index (κ2) is 12.2. The standard InChI is InChI=1S/C14H23O5P/c1-3-15-18-20(19-16-4-2)17-13-9-8-12-14-10-6-5-7-11-14/h5-7,10-11H,3-4,8-9,12-13H2,1-2H3. The molecule has 0 aliphatic rings. The fraction of sp³-hybridized carbons (Fsp3) is 0.571. The van der Waals surface area contributed by atoms with Gasteiger partial charge in [0.15, 0.2) is 0 Å². The SMILES string of the molecule is CCOOP(OCCCCc1ccccc1)OOCC. The molecule has 114 valence electrons. The van der Waals surface area contributed by atoms with Gasteiger partial charge in [0.1, 0.15) is 0 Å². The van der Waals surface area contributed by atoms with Gasteiger partial charge in [-0.2, -0.15) is 9.35 Å². The van der Waals surface area contributed by atoms with Gasteiger partial charge in [-0.1, -0.05) is 30.3 Å². The summed E-state index contributed by atoms with van der Waals surface area (Å²) in [7, 11) is -1.59. The van der Waals surface area contributed by atoms with E-state index in [2.05, 4.69) is 24.3 Å². The molecule has 0 fully saturated rings. The van der Waals surface area contributed by atoms with E-state index in [1.807, 2.05) is 19.9 Å². The second-order valence-electron chi connectivity index (χ2n) is 3.96. The molecule has 0 N–H and O–H groups in total. The minimum atomic E-state index is -1.59. The molecule has 0 spiro atoms. The smallest absolute Gasteiger partial charge is 0.309 e. The lowest BCUT2D eigenvalue weighted by atomic mass is 10.1. The zero-order valence-corrected chi connectivity index (χ0v) is 13.0. The van der Waals surface area contributed by atoms with Crippen LogP contribution in [0.3, 0.4) is 0 Å². The molecule has 0 saturated carbocycles. The van der Waals surface area contributed by atoms with Gasteiger partial charge in [0.2, 0.25) is 0 Å². The van der Waals surface area contributed by atoms with Crippen molar-refractivity contribution in [3.05, 3.63) is 35.9 Å². The van der Waals surface area contributed by atoms with E-state index >= 15 is 0 Å². The maximum Gasteiger partial charge on any atom is 0.392 e. The van der Waals surface area contributed by atoms with Crippen molar-refractivity contribution in [3.63, 3.8) is 0 Å². The number of unbranched alkanes of at least 4 members (excludes halogenated alkanes) is 1. The van der Waals surface area contributed by atoms with E-state index in [1.54, 1.807) is 0 Å². The summed E-state index contributed by atoms with van der Waals surface area (Å²) in [6, 6.07) is 10.4. The van der Waals surface area contributed by atoms with Crippen LogP contribution in [-0.2, 0) is 30.1 Å². The van der Waals surface area contributed by atoms with E-state index in [0.717, 1.165) is 19.3 Å². The van der Waals surface area contributed by atoms with Crippen LogP contribution in [0.2, 0.25) is 0 Å². The highest BCUT2D eigenvalue weighted by Gasteiger charge is 2.14. The molecule has 1 aromatic carbocycles. The first kappa shape index (κ1) is 17.5. The summed E-state index contributed by atoms with van der Waals surface area (Å²) in [4.78, 5) is 9.64. The number of benzene rings is 1. The van der Waals surface area contributed by atoms with Crippen molar-refractivity contribution < 1.29 is 23.6 Å². The molecule has 0 aliphatic carbocycles. The highest BCUT2D eigenvalue weighted by molar-refractivity contribution is 7.41. The van der Waals surface area contributed by atoms with Crippen molar-refractivity contribution in [1.29, 1.82) is 0 Å². The Labute approximate surface area is 122 Å². The molecular weight excluding hydrogens is 279 g/mol. The summed E-state index contributed by atoms with van der Waals surface area (Å²) in [5, 5.41) is 0. The van der Waals surface area contributed by atoms with Gasteiger partial charge in [-0.05, 0) is 38.7 Å². The number of hydrogen-bond acceptors (Lipinski definition) is 5. The molecule has 0 heterocycles. The third-order valence-corrected chi connectivity index (χ3v) is 3.21. The van der Waals surface area contributed by atoms with Crippen molar-refractivity contribution in [2.45, 2.75) is 33.1 Å². The maximum atomic E-state index is 5.45. The van der Waals surface area contributed by atoms with Crippen molar-refractivity contribution in [2.24, 2.45) is 0 Å². The van der Waals surface area contributed by atoms with Crippen molar-refractivity contribution in [3.8, 4) is 0 Å². The van der Waals surface area contributed by atoms with Crippen LogP contribution in [0.15, 0.2) is 30.3 Å². The summed E-state index contributed by atoms with van der Waals surface area (Å²) in [5.41, 5.74) is 1.34. The lowest BCUT2D eigenvalue weighted by Gasteiger charge is -2.13. The second-order valence-corrected chi connectivity index (χ2v) is 4.97. The fourth-order valence-corrected chi connectivity index (χ4v) is 2.23. The molecule has 5 nitrogen and oxygen atoms in total. The average Bonchev–Trinajstić information content (AvgIpc) is 2.50. The van der Waals surface area contributed by atoms with Crippen LogP contribution in [-0.4, -0.2) is 19.8 Å². The normalized spacial score (nSPS) is 11.2. The van der Waals surface area contributed by atoms with Gasteiger partial charge in [-0.15, -0.1) is 0 Å². The predicted octanol–water partition coefficient (Wildman–Crippen LogP) is 4.19. The van der Waals surface area contributed by atoms with Gasteiger partial charge in [-0.3, -0.25) is 0 Å². The molecular formula is C14H23O5P. The first-order chi connectivity index (χ1) is 9.86. The summed E-state index contributed by atoms with van der Waals surface area (Å²) < 4.78 is 15.4. The molecule has 0 amide bonds. The van der Waals surface area contributed by atoms with Gasteiger partial charge in [0, 0.05) is 0 Å². The zero-order chi connectivity index (χ0) is 14.5.